The molecule has 1 rings (SSSR count). The Kier molecular flexibility index (Phi) is 6.54. The number of hydrogen-bond donors (Lipinski definition) is 0. The summed E-state index contributed by atoms with van der Waals surface area (Å²) in [6.07, 6.45) is 12.8. The minimum Gasteiger partial charge on any atom is -0.381 e. The first-order valence-corrected chi connectivity index (χ1v) is 7.69. The molecule has 0 spiro atoms. The molecule has 0 aromatic carbocycles. The first-order chi connectivity index (χ1) is 8.16. The molecule has 0 heterocycles. The zero-order valence-electron chi connectivity index (χ0n) is 12.4. The minimum atomic E-state index is 0.538. The van der Waals surface area contributed by atoms with E-state index < -0.39 is 0 Å². The number of hydrogen-bond acceptors (Lipinski definition) is 1. The van der Waals surface area contributed by atoms with Gasteiger partial charge in [0, 0.05) is 7.11 Å². The van der Waals surface area contributed by atoms with Crippen LogP contribution >= 0.6 is 0 Å². The third-order valence-electron chi connectivity index (χ3n) is 5.04. The lowest BCUT2D eigenvalue weighted by molar-refractivity contribution is 0.00581. The summed E-state index contributed by atoms with van der Waals surface area (Å²) in [6.45, 7) is 7.20. The summed E-state index contributed by atoms with van der Waals surface area (Å²) in [5.74, 6) is 0.937. The Morgan fingerprint density at radius 1 is 1.18 bits per heavy atom. The molecule has 1 unspecified atom stereocenters. The molecule has 1 nitrogen and oxygen atoms in total. The molecule has 1 fully saturated rings. The lowest BCUT2D eigenvalue weighted by Crippen LogP contribution is -2.34. The second kappa shape index (κ2) is 7.41. The number of rotatable bonds is 7. The van der Waals surface area contributed by atoms with Crippen molar-refractivity contribution in [3.63, 3.8) is 0 Å². The second-order valence-electron chi connectivity index (χ2n) is 6.19. The van der Waals surface area contributed by atoms with Crippen molar-refractivity contribution in [3.05, 3.63) is 0 Å². The lowest BCUT2D eigenvalue weighted by atomic mass is 9.64. The van der Waals surface area contributed by atoms with Crippen molar-refractivity contribution >= 4 is 0 Å². The van der Waals surface area contributed by atoms with Gasteiger partial charge in [-0.15, -0.1) is 0 Å². The van der Waals surface area contributed by atoms with E-state index in [1.165, 1.54) is 57.8 Å². The Balaban J connectivity index is 2.43. The van der Waals surface area contributed by atoms with E-state index in [1.54, 1.807) is 0 Å². The predicted octanol–water partition coefficient (Wildman–Crippen LogP) is 5.19. The van der Waals surface area contributed by atoms with E-state index in [-0.39, 0.29) is 0 Å². The largest absolute Gasteiger partial charge is 0.381 e. The van der Waals surface area contributed by atoms with Crippen molar-refractivity contribution in [2.75, 3.05) is 7.11 Å². The van der Waals surface area contributed by atoms with Crippen LogP contribution in [0.15, 0.2) is 0 Å². The maximum atomic E-state index is 5.50. The number of ether oxygens (including phenoxy) is 1. The first kappa shape index (κ1) is 15.0. The van der Waals surface area contributed by atoms with Gasteiger partial charge in [-0.1, -0.05) is 46.5 Å². The van der Waals surface area contributed by atoms with Crippen molar-refractivity contribution in [1.29, 1.82) is 0 Å². The van der Waals surface area contributed by atoms with Crippen LogP contribution in [0.4, 0.5) is 0 Å². The van der Waals surface area contributed by atoms with Crippen LogP contribution in [0.1, 0.15) is 78.6 Å². The Morgan fingerprint density at radius 3 is 2.29 bits per heavy atom. The van der Waals surface area contributed by atoms with Gasteiger partial charge in [0.25, 0.3) is 0 Å². The maximum Gasteiger partial charge on any atom is 0.0571 e. The molecule has 0 radical (unpaired) electrons. The van der Waals surface area contributed by atoms with Crippen LogP contribution in [-0.4, -0.2) is 13.2 Å². The highest BCUT2D eigenvalue weighted by atomic mass is 16.5. The van der Waals surface area contributed by atoms with Crippen LogP contribution in [0.5, 0.6) is 0 Å². The van der Waals surface area contributed by atoms with E-state index in [4.69, 9.17) is 4.74 Å². The predicted molar refractivity (Wildman–Crippen MR) is 75.3 cm³/mol. The topological polar surface area (TPSA) is 9.23 Å². The van der Waals surface area contributed by atoms with Crippen molar-refractivity contribution in [3.8, 4) is 0 Å². The molecule has 0 bridgehead atoms. The SMILES string of the molecule is CCCCCC(CC)C1(C)CCC(OC)CC1. The third kappa shape index (κ3) is 4.28. The fourth-order valence-electron chi connectivity index (χ4n) is 3.58. The Bertz CT molecular complexity index is 192. The molecule has 0 N–H and O–H groups in total. The Labute approximate surface area is 108 Å². The van der Waals surface area contributed by atoms with Crippen LogP contribution in [0.25, 0.3) is 0 Å². The van der Waals surface area contributed by atoms with Crippen LogP contribution < -0.4 is 0 Å². The van der Waals surface area contributed by atoms with E-state index >= 15 is 0 Å². The van der Waals surface area contributed by atoms with Crippen molar-refractivity contribution in [1.82, 2.24) is 0 Å². The maximum absolute atomic E-state index is 5.50. The van der Waals surface area contributed by atoms with Crippen LogP contribution in [0.3, 0.4) is 0 Å². The summed E-state index contributed by atoms with van der Waals surface area (Å²) < 4.78 is 5.50. The van der Waals surface area contributed by atoms with Gasteiger partial charge in [-0.2, -0.15) is 0 Å². The molecule has 17 heavy (non-hydrogen) atoms. The van der Waals surface area contributed by atoms with Crippen molar-refractivity contribution in [2.24, 2.45) is 11.3 Å². The molecule has 0 aromatic heterocycles. The van der Waals surface area contributed by atoms with Gasteiger partial charge >= 0.3 is 0 Å². The van der Waals surface area contributed by atoms with Gasteiger partial charge < -0.3 is 4.74 Å². The van der Waals surface area contributed by atoms with Gasteiger partial charge in [0.2, 0.25) is 0 Å². The highest BCUT2D eigenvalue weighted by Gasteiger charge is 2.36. The van der Waals surface area contributed by atoms with Gasteiger partial charge in [0.1, 0.15) is 0 Å². The summed E-state index contributed by atoms with van der Waals surface area (Å²) >= 11 is 0. The van der Waals surface area contributed by atoms with Crippen molar-refractivity contribution < 1.29 is 4.74 Å². The molecular formula is C16H32O. The van der Waals surface area contributed by atoms with Crippen LogP contribution in [-0.2, 0) is 4.74 Å². The fourth-order valence-corrected chi connectivity index (χ4v) is 3.58. The summed E-state index contributed by atoms with van der Waals surface area (Å²) in [6, 6.07) is 0. The zero-order valence-corrected chi connectivity index (χ0v) is 12.4. The second-order valence-corrected chi connectivity index (χ2v) is 6.19. The molecule has 1 heteroatoms. The Hall–Kier alpha value is -0.0400. The molecule has 1 aliphatic carbocycles. The molecule has 1 atom stereocenters. The van der Waals surface area contributed by atoms with E-state index in [0.717, 1.165) is 5.92 Å². The van der Waals surface area contributed by atoms with Gasteiger partial charge in [-0.3, -0.25) is 0 Å². The van der Waals surface area contributed by atoms with Crippen LogP contribution in [0.2, 0.25) is 0 Å². The summed E-state index contributed by atoms with van der Waals surface area (Å²) in [5, 5.41) is 0. The first-order valence-electron chi connectivity index (χ1n) is 7.69. The molecule has 1 saturated carbocycles. The van der Waals surface area contributed by atoms with Crippen LogP contribution in [0, 0.1) is 11.3 Å². The van der Waals surface area contributed by atoms with Gasteiger partial charge in [-0.25, -0.2) is 0 Å². The highest BCUT2D eigenvalue weighted by molar-refractivity contribution is 4.87. The molecular weight excluding hydrogens is 208 g/mol. The normalized spacial score (nSPS) is 31.4. The molecule has 0 amide bonds. The Morgan fingerprint density at radius 2 is 1.82 bits per heavy atom. The van der Waals surface area contributed by atoms with E-state index in [2.05, 4.69) is 20.8 Å². The van der Waals surface area contributed by atoms with Gasteiger partial charge in [-0.05, 0) is 43.4 Å². The zero-order chi connectivity index (χ0) is 12.7. The molecule has 1 aliphatic rings. The van der Waals surface area contributed by atoms with E-state index in [1.807, 2.05) is 7.11 Å². The number of methoxy groups -OCH3 is 1. The van der Waals surface area contributed by atoms with E-state index in [0.29, 0.717) is 11.5 Å². The summed E-state index contributed by atoms with van der Waals surface area (Å²) in [7, 11) is 1.87. The molecule has 0 aromatic rings. The average Bonchev–Trinajstić information content (AvgIpc) is 2.35. The molecule has 102 valence electrons. The van der Waals surface area contributed by atoms with Gasteiger partial charge in [0.15, 0.2) is 0 Å². The third-order valence-corrected chi connectivity index (χ3v) is 5.04. The highest BCUT2D eigenvalue weighted by Crippen LogP contribution is 2.46. The quantitative estimate of drug-likeness (QED) is 0.557. The smallest absolute Gasteiger partial charge is 0.0571 e. The molecule has 0 saturated heterocycles. The molecule has 0 aliphatic heterocycles. The summed E-state index contributed by atoms with van der Waals surface area (Å²) in [4.78, 5) is 0. The van der Waals surface area contributed by atoms with E-state index in [9.17, 15) is 0 Å². The average molecular weight is 240 g/mol. The van der Waals surface area contributed by atoms with Crippen molar-refractivity contribution in [2.45, 2.75) is 84.7 Å². The van der Waals surface area contributed by atoms with Gasteiger partial charge in [0.05, 0.1) is 6.10 Å². The monoisotopic (exact) mass is 240 g/mol. The lowest BCUT2D eigenvalue weighted by Gasteiger charge is -2.43. The fraction of sp³-hybridized carbons (Fsp3) is 1.00. The minimum absolute atomic E-state index is 0.538. The standard InChI is InChI=1S/C16H32O/c1-5-7-8-9-14(6-2)16(3)12-10-15(17-4)11-13-16/h14-15H,5-13H2,1-4H3. The number of unbranched alkanes of at least 4 members (excludes halogenated alkanes) is 2. The summed E-state index contributed by atoms with van der Waals surface area (Å²) in [5.41, 5.74) is 0.595.